The molecule has 0 radical (unpaired) electrons. The zero-order chi connectivity index (χ0) is 19.9. The predicted molar refractivity (Wildman–Crippen MR) is 102 cm³/mol. The van der Waals surface area contributed by atoms with Gasteiger partial charge in [-0.1, -0.05) is 30.9 Å². The van der Waals surface area contributed by atoms with Crippen LogP contribution in [0.3, 0.4) is 0 Å². The van der Waals surface area contributed by atoms with Crippen molar-refractivity contribution < 1.29 is 24.5 Å². The summed E-state index contributed by atoms with van der Waals surface area (Å²) in [5, 5.41) is 20.4. The number of benzene rings is 1. The van der Waals surface area contributed by atoms with Crippen LogP contribution in [0.5, 0.6) is 11.5 Å². The number of ether oxygens (including phenoxy) is 1. The molecule has 0 aliphatic carbocycles. The first-order valence-corrected chi connectivity index (χ1v) is 9.34. The number of phenols is 2. The molecule has 0 bridgehead atoms. The van der Waals surface area contributed by atoms with Crippen molar-refractivity contribution in [3.63, 3.8) is 0 Å². The van der Waals surface area contributed by atoms with Gasteiger partial charge in [-0.3, -0.25) is 9.59 Å². The molecule has 0 heterocycles. The predicted octanol–water partition coefficient (Wildman–Crippen LogP) is 4.95. The molecule has 0 amide bonds. The monoisotopic (exact) mass is 384 g/mol. The molecule has 0 unspecified atom stereocenters. The Bertz CT molecular complexity index is 647. The van der Waals surface area contributed by atoms with E-state index in [0.717, 1.165) is 32.1 Å². The fourth-order valence-electron chi connectivity index (χ4n) is 2.58. The Morgan fingerprint density at radius 1 is 1.08 bits per heavy atom. The van der Waals surface area contributed by atoms with E-state index < -0.39 is 5.41 Å². The van der Waals surface area contributed by atoms with Gasteiger partial charge in [-0.05, 0) is 52.5 Å². The van der Waals surface area contributed by atoms with Crippen molar-refractivity contribution in [3.05, 3.63) is 21.7 Å². The molecule has 5 nitrogen and oxygen atoms in total. The number of rotatable bonds is 9. The maximum Gasteiger partial charge on any atom is 0.311 e. The molecule has 26 heavy (non-hydrogen) atoms. The smallest absolute Gasteiger partial charge is 0.311 e. The third-order valence-corrected chi connectivity index (χ3v) is 4.76. The number of esters is 1. The van der Waals surface area contributed by atoms with Crippen LogP contribution >= 0.6 is 11.6 Å². The lowest BCUT2D eigenvalue weighted by Gasteiger charge is -2.16. The van der Waals surface area contributed by atoms with Gasteiger partial charge in [0, 0.05) is 5.56 Å². The molecule has 0 aromatic heterocycles. The Hall–Kier alpha value is -1.75. The van der Waals surface area contributed by atoms with Crippen molar-refractivity contribution in [1.29, 1.82) is 0 Å². The van der Waals surface area contributed by atoms with Crippen LogP contribution in [-0.4, -0.2) is 29.1 Å². The summed E-state index contributed by atoms with van der Waals surface area (Å²) in [7, 11) is 0. The second-order valence-electron chi connectivity index (χ2n) is 7.55. The molecule has 1 aromatic rings. The highest BCUT2D eigenvalue weighted by Crippen LogP contribution is 2.40. The lowest BCUT2D eigenvalue weighted by Crippen LogP contribution is -2.23. The molecular formula is C20H29ClO5. The standard InChI is InChI=1S/C20H29ClO5/c1-13-15(12-22)17(23)14(18(24)16(13)21)10-8-6-5-7-9-11-26-19(25)20(2,3)4/h12,23-24H,5-11H2,1-4H3. The van der Waals surface area contributed by atoms with Gasteiger partial charge < -0.3 is 14.9 Å². The number of halogens is 1. The van der Waals surface area contributed by atoms with Gasteiger partial charge in [0.05, 0.1) is 22.6 Å². The van der Waals surface area contributed by atoms with Crippen LogP contribution < -0.4 is 0 Å². The summed E-state index contributed by atoms with van der Waals surface area (Å²) in [5.74, 6) is -0.527. The van der Waals surface area contributed by atoms with E-state index in [0.29, 0.717) is 30.4 Å². The highest BCUT2D eigenvalue weighted by atomic mass is 35.5. The zero-order valence-corrected chi connectivity index (χ0v) is 16.8. The van der Waals surface area contributed by atoms with Gasteiger partial charge in [-0.15, -0.1) is 0 Å². The maximum absolute atomic E-state index is 11.6. The summed E-state index contributed by atoms with van der Waals surface area (Å²) in [4.78, 5) is 22.7. The highest BCUT2D eigenvalue weighted by molar-refractivity contribution is 6.33. The van der Waals surface area contributed by atoms with Gasteiger partial charge in [-0.25, -0.2) is 0 Å². The lowest BCUT2D eigenvalue weighted by atomic mass is 9.97. The first kappa shape index (κ1) is 22.3. The Kier molecular flexibility index (Phi) is 8.41. The number of aldehydes is 1. The van der Waals surface area contributed by atoms with Gasteiger partial charge in [0.2, 0.25) is 0 Å². The molecule has 6 heteroatoms. The van der Waals surface area contributed by atoms with Crippen LogP contribution in [0.25, 0.3) is 0 Å². The van der Waals surface area contributed by atoms with Crippen LogP contribution in [0.1, 0.15) is 74.4 Å². The van der Waals surface area contributed by atoms with Gasteiger partial charge in [0.15, 0.2) is 6.29 Å². The molecule has 0 spiro atoms. The average molecular weight is 385 g/mol. The fourth-order valence-corrected chi connectivity index (χ4v) is 2.79. The van der Waals surface area contributed by atoms with Crippen molar-refractivity contribution >= 4 is 23.9 Å². The largest absolute Gasteiger partial charge is 0.507 e. The van der Waals surface area contributed by atoms with Crippen LogP contribution in [0.4, 0.5) is 0 Å². The topological polar surface area (TPSA) is 83.8 Å². The maximum atomic E-state index is 11.6. The van der Waals surface area contributed by atoms with E-state index in [1.54, 1.807) is 6.92 Å². The normalized spacial score (nSPS) is 11.4. The van der Waals surface area contributed by atoms with Gasteiger partial charge in [0.25, 0.3) is 0 Å². The van der Waals surface area contributed by atoms with Gasteiger partial charge in [0.1, 0.15) is 11.5 Å². The third-order valence-electron chi connectivity index (χ3n) is 4.30. The average Bonchev–Trinajstić information content (AvgIpc) is 2.57. The van der Waals surface area contributed by atoms with Crippen molar-refractivity contribution in [2.75, 3.05) is 6.61 Å². The van der Waals surface area contributed by atoms with E-state index >= 15 is 0 Å². The number of carbonyl (C=O) groups excluding carboxylic acids is 2. The van der Waals surface area contributed by atoms with Crippen LogP contribution in [-0.2, 0) is 16.0 Å². The third kappa shape index (κ3) is 5.90. The molecule has 1 rings (SSSR count). The van der Waals surface area contributed by atoms with Crippen molar-refractivity contribution in [2.24, 2.45) is 5.41 Å². The SMILES string of the molecule is Cc1c(Cl)c(O)c(CCCCCCCOC(=O)C(C)(C)C)c(O)c1C=O. The molecule has 0 fully saturated rings. The molecule has 0 saturated carbocycles. The molecule has 0 saturated heterocycles. The lowest BCUT2D eigenvalue weighted by molar-refractivity contribution is -0.153. The first-order chi connectivity index (χ1) is 12.1. The van der Waals surface area contributed by atoms with Crippen LogP contribution in [0, 0.1) is 12.3 Å². The molecule has 146 valence electrons. The number of hydrogen-bond acceptors (Lipinski definition) is 5. The summed E-state index contributed by atoms with van der Waals surface area (Å²) in [5.41, 5.74) is 0.357. The Morgan fingerprint density at radius 3 is 2.23 bits per heavy atom. The molecule has 0 atom stereocenters. The van der Waals surface area contributed by atoms with Crippen LogP contribution in [0.2, 0.25) is 5.02 Å². The summed E-state index contributed by atoms with van der Waals surface area (Å²) < 4.78 is 5.21. The summed E-state index contributed by atoms with van der Waals surface area (Å²) in [6.07, 6.45) is 5.34. The number of aromatic hydroxyl groups is 2. The minimum Gasteiger partial charge on any atom is -0.507 e. The Morgan fingerprint density at radius 2 is 1.65 bits per heavy atom. The Labute approximate surface area is 160 Å². The molecule has 1 aromatic carbocycles. The molecule has 2 N–H and O–H groups in total. The second kappa shape index (κ2) is 9.81. The second-order valence-corrected chi connectivity index (χ2v) is 7.93. The highest BCUT2D eigenvalue weighted by Gasteiger charge is 2.22. The van der Waals surface area contributed by atoms with Gasteiger partial charge >= 0.3 is 5.97 Å². The Balaban J connectivity index is 2.38. The quantitative estimate of drug-likeness (QED) is 0.357. The minimum atomic E-state index is -0.473. The summed E-state index contributed by atoms with van der Waals surface area (Å²) in [6, 6.07) is 0. The van der Waals surface area contributed by atoms with E-state index in [9.17, 15) is 19.8 Å². The van der Waals surface area contributed by atoms with E-state index in [1.807, 2.05) is 20.8 Å². The molecule has 0 aliphatic heterocycles. The van der Waals surface area contributed by atoms with E-state index in [-0.39, 0.29) is 28.1 Å². The van der Waals surface area contributed by atoms with Crippen molar-refractivity contribution in [1.82, 2.24) is 0 Å². The first-order valence-electron chi connectivity index (χ1n) is 8.96. The summed E-state index contributed by atoms with van der Waals surface area (Å²) >= 11 is 6.03. The van der Waals surface area contributed by atoms with E-state index in [2.05, 4.69) is 0 Å². The van der Waals surface area contributed by atoms with E-state index in [1.165, 1.54) is 0 Å². The van der Waals surface area contributed by atoms with Crippen molar-refractivity contribution in [3.8, 4) is 11.5 Å². The minimum absolute atomic E-state index is 0.112. The van der Waals surface area contributed by atoms with E-state index in [4.69, 9.17) is 16.3 Å². The fraction of sp³-hybridized carbons (Fsp3) is 0.600. The zero-order valence-electron chi connectivity index (χ0n) is 16.0. The van der Waals surface area contributed by atoms with Gasteiger partial charge in [-0.2, -0.15) is 0 Å². The number of hydrogen-bond donors (Lipinski definition) is 2. The molecular weight excluding hydrogens is 356 g/mol. The summed E-state index contributed by atoms with van der Waals surface area (Å²) in [6.45, 7) is 7.49. The number of unbranched alkanes of at least 4 members (excludes halogenated alkanes) is 4. The number of carbonyl (C=O) groups is 2. The van der Waals surface area contributed by atoms with Crippen LogP contribution in [0.15, 0.2) is 0 Å². The molecule has 0 aliphatic rings. The number of phenolic OH excluding ortho intramolecular Hbond substituents is 2. The van der Waals surface area contributed by atoms with Crippen molar-refractivity contribution in [2.45, 2.75) is 66.2 Å².